The predicted octanol–water partition coefficient (Wildman–Crippen LogP) is 2.41. The first-order chi connectivity index (χ1) is 8.72. The SMILES string of the molecule is CC[C@H](N)c1ccccc1OCc1cncn1C. The smallest absolute Gasteiger partial charge is 0.130 e. The lowest BCUT2D eigenvalue weighted by Crippen LogP contribution is -2.11. The number of nitrogens with zero attached hydrogens (tertiary/aromatic N) is 2. The van der Waals surface area contributed by atoms with E-state index in [0.717, 1.165) is 23.4 Å². The predicted molar refractivity (Wildman–Crippen MR) is 71.2 cm³/mol. The van der Waals surface area contributed by atoms with Crippen LogP contribution in [0.25, 0.3) is 0 Å². The molecule has 0 aliphatic rings. The second-order valence-electron chi connectivity index (χ2n) is 4.34. The third-order valence-electron chi connectivity index (χ3n) is 3.05. The van der Waals surface area contributed by atoms with E-state index in [1.54, 1.807) is 6.33 Å². The number of ether oxygens (including phenoxy) is 1. The van der Waals surface area contributed by atoms with Gasteiger partial charge in [0.1, 0.15) is 12.4 Å². The van der Waals surface area contributed by atoms with Gasteiger partial charge >= 0.3 is 0 Å². The number of rotatable bonds is 5. The average Bonchev–Trinajstić information content (AvgIpc) is 2.81. The Balaban J connectivity index is 2.12. The molecule has 0 amide bonds. The summed E-state index contributed by atoms with van der Waals surface area (Å²) >= 11 is 0. The Morgan fingerprint density at radius 1 is 1.39 bits per heavy atom. The van der Waals surface area contributed by atoms with Crippen LogP contribution in [0.1, 0.15) is 30.6 Å². The standard InChI is InChI=1S/C14H19N3O/c1-3-13(15)12-6-4-5-7-14(12)18-9-11-8-16-10-17(11)2/h4-8,10,13H,3,9,15H2,1-2H3/t13-/m0/s1. The molecule has 0 fully saturated rings. The number of aromatic nitrogens is 2. The van der Waals surface area contributed by atoms with Crippen molar-refractivity contribution in [3.05, 3.63) is 48.0 Å². The molecule has 0 bridgehead atoms. The van der Waals surface area contributed by atoms with E-state index >= 15 is 0 Å². The summed E-state index contributed by atoms with van der Waals surface area (Å²) in [5.74, 6) is 0.855. The highest BCUT2D eigenvalue weighted by Gasteiger charge is 2.10. The molecule has 0 radical (unpaired) electrons. The van der Waals surface area contributed by atoms with E-state index in [-0.39, 0.29) is 6.04 Å². The van der Waals surface area contributed by atoms with Crippen LogP contribution in [0.4, 0.5) is 0 Å². The van der Waals surface area contributed by atoms with Crippen molar-refractivity contribution in [1.29, 1.82) is 0 Å². The maximum absolute atomic E-state index is 6.08. The first-order valence-electron chi connectivity index (χ1n) is 6.15. The molecule has 1 atom stereocenters. The van der Waals surface area contributed by atoms with Crippen LogP contribution in [-0.4, -0.2) is 9.55 Å². The topological polar surface area (TPSA) is 53.1 Å². The molecule has 1 heterocycles. The van der Waals surface area contributed by atoms with Gasteiger partial charge in [-0.25, -0.2) is 4.98 Å². The van der Waals surface area contributed by atoms with Crippen molar-refractivity contribution < 1.29 is 4.74 Å². The molecule has 96 valence electrons. The van der Waals surface area contributed by atoms with Gasteiger partial charge in [0.25, 0.3) is 0 Å². The molecule has 0 saturated carbocycles. The molecule has 2 rings (SSSR count). The van der Waals surface area contributed by atoms with Crippen molar-refractivity contribution in [2.75, 3.05) is 0 Å². The van der Waals surface area contributed by atoms with Gasteiger partial charge in [0, 0.05) is 18.7 Å². The lowest BCUT2D eigenvalue weighted by molar-refractivity contribution is 0.292. The number of aryl methyl sites for hydroxylation is 1. The van der Waals surface area contributed by atoms with Crippen LogP contribution in [0.2, 0.25) is 0 Å². The second kappa shape index (κ2) is 5.69. The second-order valence-corrected chi connectivity index (χ2v) is 4.34. The van der Waals surface area contributed by atoms with E-state index in [0.29, 0.717) is 6.61 Å². The van der Waals surface area contributed by atoms with Crippen LogP contribution >= 0.6 is 0 Å². The summed E-state index contributed by atoms with van der Waals surface area (Å²) in [7, 11) is 1.95. The van der Waals surface area contributed by atoms with Crippen LogP contribution in [0.3, 0.4) is 0 Å². The highest BCUT2D eigenvalue weighted by molar-refractivity contribution is 5.35. The Morgan fingerprint density at radius 2 is 2.17 bits per heavy atom. The maximum atomic E-state index is 6.08. The van der Waals surface area contributed by atoms with E-state index in [4.69, 9.17) is 10.5 Å². The first-order valence-corrected chi connectivity index (χ1v) is 6.15. The van der Waals surface area contributed by atoms with E-state index in [1.807, 2.05) is 42.1 Å². The quantitative estimate of drug-likeness (QED) is 0.880. The first kappa shape index (κ1) is 12.6. The zero-order valence-electron chi connectivity index (χ0n) is 10.8. The molecule has 2 N–H and O–H groups in total. The zero-order chi connectivity index (χ0) is 13.0. The average molecular weight is 245 g/mol. The Kier molecular flexibility index (Phi) is 3.99. The van der Waals surface area contributed by atoms with Crippen molar-refractivity contribution in [3.8, 4) is 5.75 Å². The number of hydrogen-bond acceptors (Lipinski definition) is 3. The molecule has 4 heteroatoms. The highest BCUT2D eigenvalue weighted by atomic mass is 16.5. The van der Waals surface area contributed by atoms with Crippen LogP contribution in [0, 0.1) is 0 Å². The van der Waals surface area contributed by atoms with Gasteiger partial charge in [-0.15, -0.1) is 0 Å². The van der Waals surface area contributed by atoms with Crippen LogP contribution in [0.15, 0.2) is 36.8 Å². The van der Waals surface area contributed by atoms with E-state index < -0.39 is 0 Å². The summed E-state index contributed by atoms with van der Waals surface area (Å²) in [4.78, 5) is 4.07. The molecule has 0 saturated heterocycles. The fourth-order valence-electron chi connectivity index (χ4n) is 1.81. The summed E-state index contributed by atoms with van der Waals surface area (Å²) in [6.45, 7) is 2.58. The van der Waals surface area contributed by atoms with Gasteiger partial charge in [-0.1, -0.05) is 25.1 Å². The lowest BCUT2D eigenvalue weighted by atomic mass is 10.0. The molecule has 0 aliphatic heterocycles. The van der Waals surface area contributed by atoms with Crippen molar-refractivity contribution in [2.24, 2.45) is 12.8 Å². The molecule has 1 aromatic heterocycles. The van der Waals surface area contributed by atoms with Crippen LogP contribution < -0.4 is 10.5 Å². The van der Waals surface area contributed by atoms with Crippen molar-refractivity contribution >= 4 is 0 Å². The molecule has 2 aromatic rings. The van der Waals surface area contributed by atoms with Gasteiger partial charge < -0.3 is 15.0 Å². The van der Waals surface area contributed by atoms with Crippen LogP contribution in [-0.2, 0) is 13.7 Å². The van der Waals surface area contributed by atoms with Crippen molar-refractivity contribution in [2.45, 2.75) is 26.0 Å². The van der Waals surface area contributed by atoms with Gasteiger partial charge in [0.15, 0.2) is 0 Å². The normalized spacial score (nSPS) is 12.4. The molecule has 0 spiro atoms. The number of hydrogen-bond donors (Lipinski definition) is 1. The molecule has 1 aromatic carbocycles. The van der Waals surface area contributed by atoms with Gasteiger partial charge in [-0.05, 0) is 12.5 Å². The third-order valence-corrected chi connectivity index (χ3v) is 3.05. The lowest BCUT2D eigenvalue weighted by Gasteiger charge is -2.15. The minimum atomic E-state index is 0.0211. The zero-order valence-corrected chi connectivity index (χ0v) is 10.8. The largest absolute Gasteiger partial charge is 0.487 e. The van der Waals surface area contributed by atoms with E-state index in [1.165, 1.54) is 0 Å². The Labute approximate surface area is 107 Å². The Bertz CT molecular complexity index is 507. The summed E-state index contributed by atoms with van der Waals surface area (Å²) in [6, 6.07) is 7.95. The van der Waals surface area contributed by atoms with Gasteiger partial charge in [-0.2, -0.15) is 0 Å². The van der Waals surface area contributed by atoms with E-state index in [9.17, 15) is 0 Å². The molecule has 18 heavy (non-hydrogen) atoms. The Hall–Kier alpha value is -1.81. The fourth-order valence-corrected chi connectivity index (χ4v) is 1.81. The van der Waals surface area contributed by atoms with E-state index in [2.05, 4.69) is 11.9 Å². The molecule has 0 unspecified atom stereocenters. The van der Waals surface area contributed by atoms with Crippen molar-refractivity contribution in [1.82, 2.24) is 9.55 Å². The monoisotopic (exact) mass is 245 g/mol. The molecular weight excluding hydrogens is 226 g/mol. The van der Waals surface area contributed by atoms with Crippen LogP contribution in [0.5, 0.6) is 5.75 Å². The summed E-state index contributed by atoms with van der Waals surface area (Å²) in [5, 5.41) is 0. The molecular formula is C14H19N3O. The number of imidazole rings is 1. The van der Waals surface area contributed by atoms with Gasteiger partial charge in [0.05, 0.1) is 18.2 Å². The summed E-state index contributed by atoms with van der Waals surface area (Å²) in [6.07, 6.45) is 4.47. The molecule has 4 nitrogen and oxygen atoms in total. The Morgan fingerprint density at radius 3 is 2.83 bits per heavy atom. The summed E-state index contributed by atoms with van der Waals surface area (Å²) < 4.78 is 7.79. The van der Waals surface area contributed by atoms with Gasteiger partial charge in [-0.3, -0.25) is 0 Å². The number of nitrogens with two attached hydrogens (primary N) is 1. The third kappa shape index (κ3) is 2.71. The highest BCUT2D eigenvalue weighted by Crippen LogP contribution is 2.25. The van der Waals surface area contributed by atoms with Crippen molar-refractivity contribution in [3.63, 3.8) is 0 Å². The summed E-state index contributed by atoms with van der Waals surface area (Å²) in [5.41, 5.74) is 8.17. The minimum absolute atomic E-state index is 0.0211. The molecule has 0 aliphatic carbocycles. The fraction of sp³-hybridized carbons (Fsp3) is 0.357. The maximum Gasteiger partial charge on any atom is 0.130 e. The minimum Gasteiger partial charge on any atom is -0.487 e. The number of para-hydroxylation sites is 1. The number of benzene rings is 1. The van der Waals surface area contributed by atoms with Gasteiger partial charge in [0.2, 0.25) is 0 Å².